The first-order valence-corrected chi connectivity index (χ1v) is 23.7. The summed E-state index contributed by atoms with van der Waals surface area (Å²) in [6.07, 6.45) is 0. The highest BCUT2D eigenvalue weighted by molar-refractivity contribution is 8.34. The number of anilines is 2. The molecule has 0 spiro atoms. The van der Waals surface area contributed by atoms with Gasteiger partial charge >= 0.3 is 6.85 Å². The fraction of sp³-hybridized carbons (Fsp3) is 0. The lowest BCUT2D eigenvalue weighted by atomic mass is 9.46. The van der Waals surface area contributed by atoms with Crippen molar-refractivity contribution in [2.24, 2.45) is 0 Å². The van der Waals surface area contributed by atoms with Gasteiger partial charge in [-0.2, -0.15) is 0 Å². The summed E-state index contributed by atoms with van der Waals surface area (Å²) in [5.74, 6) is 0. The van der Waals surface area contributed by atoms with Crippen molar-refractivity contribution in [1.82, 2.24) is 4.57 Å². The third-order valence-electron chi connectivity index (χ3n) is 12.9. The van der Waals surface area contributed by atoms with Crippen LogP contribution in [-0.2, 0) is 0 Å². The van der Waals surface area contributed by atoms with E-state index in [0.29, 0.717) is 0 Å². The highest BCUT2D eigenvalue weighted by atomic mass is 32.3. The fourth-order valence-electron chi connectivity index (χ4n) is 10.3. The zero-order valence-corrected chi connectivity index (χ0v) is 36.0. The molecule has 0 amide bonds. The Bertz CT molecular complexity index is 3360. The summed E-state index contributed by atoms with van der Waals surface area (Å²) in [6, 6.07) is 96.4. The molecule has 4 heteroatoms. The molecule has 2 nitrogen and oxygen atoms in total. The molecule has 0 fully saturated rings. The Morgan fingerprint density at radius 2 is 0.859 bits per heavy atom. The molecule has 2 heterocycles. The summed E-state index contributed by atoms with van der Waals surface area (Å²) in [7, 11) is -1.89. The molecule has 12 rings (SSSR count). The minimum Gasteiger partial charge on any atom is -0.376 e. The molecule has 64 heavy (non-hydrogen) atoms. The standard InChI is InChI=1S/C60H43BN2S/c1-5-23-45(24-6-1)61-57-39-16-13-34-53(57)54-35-15-18-41-59(54)63(61)47-26-20-25-46(43-47)62-58-40-17-14-36-55(58)56-38-21-37-52(60(56)62)44-22-19-33-51(42-44)64(48-27-7-2-8-28-48,49-29-9-3-10-30-49)50-31-11-4-12-32-50/h1-43H. The first-order valence-electron chi connectivity index (χ1n) is 22.0. The van der Waals surface area contributed by atoms with Gasteiger partial charge in [-0.1, -0.05) is 187 Å². The lowest BCUT2D eigenvalue weighted by Crippen LogP contribution is -2.57. The molecule has 0 saturated carbocycles. The normalized spacial score (nSPS) is 12.6. The number of fused-ring (bicyclic) bond motifs is 6. The number of rotatable bonds is 8. The molecule has 0 bridgehead atoms. The fourth-order valence-corrected chi connectivity index (χ4v) is 14.2. The summed E-state index contributed by atoms with van der Waals surface area (Å²) in [4.78, 5) is 7.78. The molecule has 1 aliphatic rings. The minimum absolute atomic E-state index is 0.0133. The Balaban J connectivity index is 1.09. The summed E-state index contributed by atoms with van der Waals surface area (Å²) < 4.78 is 2.50. The molecule has 0 radical (unpaired) electrons. The maximum Gasteiger partial charge on any atom is 0.328 e. The monoisotopic (exact) mass is 834 g/mol. The van der Waals surface area contributed by atoms with E-state index in [1.165, 1.54) is 80.3 Å². The predicted octanol–water partition coefficient (Wildman–Crippen LogP) is 14.7. The second kappa shape index (κ2) is 15.8. The lowest BCUT2D eigenvalue weighted by Gasteiger charge is -2.42. The maximum atomic E-state index is 2.55. The van der Waals surface area contributed by atoms with Crippen LogP contribution in [-0.4, -0.2) is 11.4 Å². The van der Waals surface area contributed by atoms with Crippen LogP contribution in [0.15, 0.2) is 280 Å². The molecule has 0 atom stereocenters. The molecule has 0 unspecified atom stereocenters. The van der Waals surface area contributed by atoms with Gasteiger partial charge in [0.1, 0.15) is 0 Å². The van der Waals surface area contributed by atoms with Crippen molar-refractivity contribution in [2.75, 3.05) is 4.81 Å². The maximum absolute atomic E-state index is 2.55. The number of hydrogen-bond acceptors (Lipinski definition) is 1. The quantitative estimate of drug-likeness (QED) is 0.138. The largest absolute Gasteiger partial charge is 0.376 e. The van der Waals surface area contributed by atoms with E-state index < -0.39 is 10.0 Å². The number of hydrogen-bond donors (Lipinski definition) is 0. The Kier molecular flexibility index (Phi) is 9.39. The van der Waals surface area contributed by atoms with Crippen molar-refractivity contribution in [2.45, 2.75) is 19.6 Å². The molecule has 11 aromatic rings. The molecule has 1 aliphatic heterocycles. The summed E-state index contributed by atoms with van der Waals surface area (Å²) >= 11 is 0. The smallest absolute Gasteiger partial charge is 0.328 e. The SMILES string of the molecule is c1ccc(B2c3ccccc3-c3ccccc3N2c2cccc(-n3c4ccccc4c4cccc(-c5cccc(S(c6ccccc6)(c6ccccc6)c6ccccc6)c5)c43)c2)cc1. The summed E-state index contributed by atoms with van der Waals surface area (Å²) in [6.45, 7) is -0.0133. The zero-order valence-electron chi connectivity index (χ0n) is 35.2. The third kappa shape index (κ3) is 6.06. The van der Waals surface area contributed by atoms with Crippen molar-refractivity contribution < 1.29 is 0 Å². The van der Waals surface area contributed by atoms with Crippen LogP contribution in [0.3, 0.4) is 0 Å². The van der Waals surface area contributed by atoms with Crippen LogP contribution in [0.4, 0.5) is 11.4 Å². The van der Waals surface area contributed by atoms with Crippen LogP contribution in [0.5, 0.6) is 0 Å². The van der Waals surface area contributed by atoms with Crippen LogP contribution in [0, 0.1) is 0 Å². The minimum atomic E-state index is -1.89. The number of nitrogens with zero attached hydrogens (tertiary/aromatic N) is 2. The number of aromatic nitrogens is 1. The van der Waals surface area contributed by atoms with Crippen LogP contribution in [0.1, 0.15) is 0 Å². The van der Waals surface area contributed by atoms with Crippen molar-refractivity contribution in [3.63, 3.8) is 0 Å². The van der Waals surface area contributed by atoms with Crippen LogP contribution < -0.4 is 15.7 Å². The molecule has 1 aromatic heterocycles. The summed E-state index contributed by atoms with van der Waals surface area (Å²) in [5, 5.41) is 2.47. The van der Waals surface area contributed by atoms with E-state index in [2.05, 4.69) is 270 Å². The van der Waals surface area contributed by atoms with E-state index in [0.717, 1.165) is 11.4 Å². The molecule has 0 saturated heterocycles. The van der Waals surface area contributed by atoms with Gasteiger partial charge in [0.25, 0.3) is 0 Å². The van der Waals surface area contributed by atoms with Gasteiger partial charge in [0.15, 0.2) is 0 Å². The molecule has 0 aliphatic carbocycles. The van der Waals surface area contributed by atoms with Gasteiger partial charge in [-0.15, -0.1) is 10.0 Å². The van der Waals surface area contributed by atoms with Gasteiger partial charge in [-0.05, 0) is 95.5 Å². The highest BCUT2D eigenvalue weighted by Gasteiger charge is 2.37. The average molecular weight is 835 g/mol. The van der Waals surface area contributed by atoms with Crippen molar-refractivity contribution in [1.29, 1.82) is 0 Å². The predicted molar refractivity (Wildman–Crippen MR) is 272 cm³/mol. The Morgan fingerprint density at radius 3 is 1.58 bits per heavy atom. The van der Waals surface area contributed by atoms with E-state index in [9.17, 15) is 0 Å². The molecule has 0 N–H and O–H groups in total. The van der Waals surface area contributed by atoms with Crippen molar-refractivity contribution in [3.05, 3.63) is 261 Å². The molecule has 10 aromatic carbocycles. The second-order valence-electron chi connectivity index (χ2n) is 16.4. The third-order valence-corrected chi connectivity index (χ3v) is 16.8. The first kappa shape index (κ1) is 37.9. The van der Waals surface area contributed by atoms with E-state index in [-0.39, 0.29) is 6.85 Å². The first-order chi connectivity index (χ1) is 31.8. The van der Waals surface area contributed by atoms with Crippen molar-refractivity contribution >= 4 is 61.0 Å². The van der Waals surface area contributed by atoms with Crippen LogP contribution >= 0.6 is 10.0 Å². The van der Waals surface area contributed by atoms with Gasteiger partial charge in [0.2, 0.25) is 0 Å². The Morgan fingerprint density at radius 1 is 0.344 bits per heavy atom. The highest BCUT2D eigenvalue weighted by Crippen LogP contribution is 2.73. The average Bonchev–Trinajstić information content (AvgIpc) is 3.72. The van der Waals surface area contributed by atoms with Crippen molar-refractivity contribution in [3.8, 4) is 27.9 Å². The lowest BCUT2D eigenvalue weighted by molar-refractivity contribution is 1.17. The topological polar surface area (TPSA) is 8.17 Å². The molecule has 302 valence electrons. The van der Waals surface area contributed by atoms with Gasteiger partial charge in [-0.25, -0.2) is 0 Å². The van der Waals surface area contributed by atoms with Gasteiger partial charge < -0.3 is 9.38 Å². The van der Waals surface area contributed by atoms with Crippen LogP contribution in [0.2, 0.25) is 0 Å². The molecular formula is C60H43BN2S. The van der Waals surface area contributed by atoms with E-state index in [4.69, 9.17) is 0 Å². The number of para-hydroxylation sites is 3. The Hall–Kier alpha value is -7.79. The molecular weight excluding hydrogens is 792 g/mol. The van der Waals surface area contributed by atoms with Crippen LogP contribution in [0.25, 0.3) is 49.7 Å². The summed E-state index contributed by atoms with van der Waals surface area (Å²) in [5.41, 5.74) is 13.3. The Labute approximate surface area is 376 Å². The van der Waals surface area contributed by atoms with E-state index >= 15 is 0 Å². The zero-order chi connectivity index (χ0) is 42.5. The van der Waals surface area contributed by atoms with Gasteiger partial charge in [0, 0.05) is 58.5 Å². The second-order valence-corrected chi connectivity index (χ2v) is 19.6. The van der Waals surface area contributed by atoms with E-state index in [1.807, 2.05) is 0 Å². The van der Waals surface area contributed by atoms with E-state index in [1.54, 1.807) is 0 Å². The number of benzene rings is 10. The van der Waals surface area contributed by atoms with Gasteiger partial charge in [0.05, 0.1) is 11.0 Å². The van der Waals surface area contributed by atoms with Gasteiger partial charge in [-0.3, -0.25) is 0 Å².